The van der Waals surface area contributed by atoms with E-state index in [2.05, 4.69) is 23.5 Å². The van der Waals surface area contributed by atoms with Crippen LogP contribution in [0.1, 0.15) is 36.0 Å². The zero-order valence-electron chi connectivity index (χ0n) is 17.4. The van der Waals surface area contributed by atoms with Crippen molar-refractivity contribution in [3.63, 3.8) is 0 Å². The maximum atomic E-state index is 13.4. The Bertz CT molecular complexity index is 1110. The van der Waals surface area contributed by atoms with Crippen molar-refractivity contribution >= 4 is 17.5 Å². The molecule has 2 atom stereocenters. The van der Waals surface area contributed by atoms with Crippen LogP contribution in [0.25, 0.3) is 0 Å². The number of anilines is 1. The Hall–Kier alpha value is -3.30. The van der Waals surface area contributed by atoms with Crippen LogP contribution in [0, 0.1) is 17.8 Å². The van der Waals surface area contributed by atoms with Gasteiger partial charge in [0.1, 0.15) is 11.2 Å². The van der Waals surface area contributed by atoms with Crippen molar-refractivity contribution in [1.82, 2.24) is 5.32 Å². The van der Waals surface area contributed by atoms with Gasteiger partial charge in [0, 0.05) is 41.1 Å². The normalized spacial score (nSPS) is 25.7. The minimum Gasteiger partial charge on any atom is -0.493 e. The topological polar surface area (TPSA) is 76.7 Å². The standard InChI is InChI=1S/C25H24N2O4/c1-3-16-8-9-21(31-15-24(2)13-30-14-24)17(10-16)19-11-22(28)26-12-25(19)18-6-4-5-7-20(18)27-23(25)29/h1,4-10,19H,11-15H2,2H3,(H,26,28)(H,27,29). The van der Waals surface area contributed by atoms with Crippen molar-refractivity contribution < 1.29 is 19.1 Å². The fourth-order valence-corrected chi connectivity index (χ4v) is 4.86. The molecule has 2 saturated heterocycles. The van der Waals surface area contributed by atoms with Crippen LogP contribution in [0.3, 0.4) is 0 Å². The molecule has 2 N–H and O–H groups in total. The maximum absolute atomic E-state index is 13.4. The summed E-state index contributed by atoms with van der Waals surface area (Å²) in [5.41, 5.74) is 2.19. The first-order chi connectivity index (χ1) is 14.9. The summed E-state index contributed by atoms with van der Waals surface area (Å²) >= 11 is 0. The minimum atomic E-state index is -0.917. The van der Waals surface area contributed by atoms with Crippen LogP contribution in [0.15, 0.2) is 42.5 Å². The van der Waals surface area contributed by atoms with Gasteiger partial charge in [0.15, 0.2) is 0 Å². The first-order valence-electron chi connectivity index (χ1n) is 10.4. The smallest absolute Gasteiger partial charge is 0.237 e. The lowest BCUT2D eigenvalue weighted by Gasteiger charge is -2.41. The Morgan fingerprint density at radius 3 is 2.77 bits per heavy atom. The van der Waals surface area contributed by atoms with E-state index in [1.807, 2.05) is 42.5 Å². The van der Waals surface area contributed by atoms with Gasteiger partial charge in [-0.05, 0) is 29.8 Å². The summed E-state index contributed by atoms with van der Waals surface area (Å²) in [6, 6.07) is 13.2. The summed E-state index contributed by atoms with van der Waals surface area (Å²) in [5, 5.41) is 5.92. The summed E-state index contributed by atoms with van der Waals surface area (Å²) in [6.07, 6.45) is 5.86. The van der Waals surface area contributed by atoms with Gasteiger partial charge in [-0.15, -0.1) is 6.42 Å². The summed E-state index contributed by atoms with van der Waals surface area (Å²) in [6.45, 7) is 4.13. The molecule has 6 nitrogen and oxygen atoms in total. The van der Waals surface area contributed by atoms with Crippen molar-refractivity contribution in [3.05, 3.63) is 59.2 Å². The number of ether oxygens (including phenoxy) is 2. The lowest BCUT2D eigenvalue weighted by molar-refractivity contribution is -0.128. The number of rotatable bonds is 4. The lowest BCUT2D eigenvalue weighted by Crippen LogP contribution is -2.54. The average molecular weight is 416 g/mol. The molecule has 0 aromatic heterocycles. The van der Waals surface area contributed by atoms with Crippen LogP contribution in [0.4, 0.5) is 5.69 Å². The van der Waals surface area contributed by atoms with Gasteiger partial charge in [0.05, 0.1) is 19.8 Å². The van der Waals surface area contributed by atoms with Gasteiger partial charge in [-0.3, -0.25) is 9.59 Å². The molecular weight excluding hydrogens is 392 g/mol. The van der Waals surface area contributed by atoms with Gasteiger partial charge in [0.2, 0.25) is 11.8 Å². The van der Waals surface area contributed by atoms with E-state index in [-0.39, 0.29) is 30.2 Å². The first kappa shape index (κ1) is 19.7. The first-order valence-corrected chi connectivity index (χ1v) is 10.4. The second-order valence-electron chi connectivity index (χ2n) is 8.99. The zero-order valence-corrected chi connectivity index (χ0v) is 17.4. The molecule has 0 bridgehead atoms. The average Bonchev–Trinajstić information content (AvgIpc) is 3.04. The molecule has 5 rings (SSSR count). The number of carbonyl (C=O) groups excluding carboxylic acids is 2. The molecule has 0 aliphatic carbocycles. The van der Waals surface area contributed by atoms with E-state index in [4.69, 9.17) is 15.9 Å². The highest BCUT2D eigenvalue weighted by Gasteiger charge is 2.56. The molecule has 2 amide bonds. The molecule has 3 heterocycles. The Morgan fingerprint density at radius 2 is 2.03 bits per heavy atom. The van der Waals surface area contributed by atoms with Crippen molar-refractivity contribution in [2.24, 2.45) is 5.41 Å². The van der Waals surface area contributed by atoms with Crippen molar-refractivity contribution in [3.8, 4) is 18.1 Å². The van der Waals surface area contributed by atoms with Crippen LogP contribution >= 0.6 is 0 Å². The molecule has 2 unspecified atom stereocenters. The zero-order chi connectivity index (χ0) is 21.6. The Labute approximate surface area is 181 Å². The molecule has 31 heavy (non-hydrogen) atoms. The number of carbonyl (C=O) groups is 2. The van der Waals surface area contributed by atoms with E-state index in [0.717, 1.165) is 16.8 Å². The largest absolute Gasteiger partial charge is 0.493 e. The molecule has 2 aromatic rings. The van der Waals surface area contributed by atoms with Gasteiger partial charge in [0.25, 0.3) is 0 Å². The predicted molar refractivity (Wildman–Crippen MR) is 116 cm³/mol. The van der Waals surface area contributed by atoms with Gasteiger partial charge in [-0.25, -0.2) is 0 Å². The molecular formula is C25H24N2O4. The number of hydrogen-bond donors (Lipinski definition) is 2. The van der Waals surface area contributed by atoms with E-state index in [1.165, 1.54) is 0 Å². The molecule has 6 heteroatoms. The summed E-state index contributed by atoms with van der Waals surface area (Å²) in [5.74, 6) is 2.72. The number of piperidine rings is 1. The van der Waals surface area contributed by atoms with E-state index < -0.39 is 11.3 Å². The second kappa shape index (κ2) is 7.14. The Kier molecular flexibility index (Phi) is 4.53. The molecule has 0 radical (unpaired) electrons. The van der Waals surface area contributed by atoms with E-state index in [0.29, 0.717) is 31.1 Å². The Balaban J connectivity index is 1.62. The van der Waals surface area contributed by atoms with Gasteiger partial charge >= 0.3 is 0 Å². The highest BCUT2D eigenvalue weighted by molar-refractivity contribution is 6.08. The van der Waals surface area contributed by atoms with Crippen LogP contribution in [-0.4, -0.2) is 38.2 Å². The molecule has 2 aromatic carbocycles. The van der Waals surface area contributed by atoms with Crippen LogP contribution in [0.5, 0.6) is 5.75 Å². The van der Waals surface area contributed by atoms with Crippen molar-refractivity contribution in [2.45, 2.75) is 24.7 Å². The van der Waals surface area contributed by atoms with Crippen molar-refractivity contribution in [2.75, 3.05) is 31.7 Å². The highest BCUT2D eigenvalue weighted by atomic mass is 16.5. The lowest BCUT2D eigenvalue weighted by atomic mass is 9.64. The van der Waals surface area contributed by atoms with E-state index in [1.54, 1.807) is 0 Å². The van der Waals surface area contributed by atoms with E-state index in [9.17, 15) is 9.59 Å². The number of hydrogen-bond acceptors (Lipinski definition) is 4. The van der Waals surface area contributed by atoms with Gasteiger partial charge in [-0.1, -0.05) is 31.0 Å². The predicted octanol–water partition coefficient (Wildman–Crippen LogP) is 2.58. The highest BCUT2D eigenvalue weighted by Crippen LogP contribution is 2.51. The fourth-order valence-electron chi connectivity index (χ4n) is 4.86. The summed E-state index contributed by atoms with van der Waals surface area (Å²) in [4.78, 5) is 25.9. The third-order valence-corrected chi connectivity index (χ3v) is 6.64. The number of amides is 2. The molecule has 0 saturated carbocycles. The third-order valence-electron chi connectivity index (χ3n) is 6.64. The monoisotopic (exact) mass is 416 g/mol. The minimum absolute atomic E-state index is 0.0407. The number of para-hydroxylation sites is 1. The second-order valence-corrected chi connectivity index (χ2v) is 8.99. The van der Waals surface area contributed by atoms with E-state index >= 15 is 0 Å². The summed E-state index contributed by atoms with van der Waals surface area (Å²) in [7, 11) is 0. The molecule has 1 spiro atoms. The van der Waals surface area contributed by atoms with Crippen LogP contribution in [0.2, 0.25) is 0 Å². The third kappa shape index (κ3) is 3.08. The maximum Gasteiger partial charge on any atom is 0.237 e. The molecule has 2 fully saturated rings. The Morgan fingerprint density at radius 1 is 1.23 bits per heavy atom. The summed E-state index contributed by atoms with van der Waals surface area (Å²) < 4.78 is 11.6. The fraction of sp³-hybridized carbons (Fsp3) is 0.360. The number of nitrogens with one attached hydrogen (secondary N) is 2. The molecule has 3 aliphatic heterocycles. The number of terminal acetylenes is 1. The number of benzene rings is 2. The SMILES string of the molecule is C#Cc1ccc(OCC2(C)COC2)c(C2CC(=O)NCC23C(=O)Nc2ccccc23)c1. The van der Waals surface area contributed by atoms with Crippen LogP contribution in [-0.2, 0) is 19.7 Å². The van der Waals surface area contributed by atoms with Crippen LogP contribution < -0.4 is 15.4 Å². The molecule has 3 aliphatic rings. The van der Waals surface area contributed by atoms with Gasteiger partial charge in [-0.2, -0.15) is 0 Å². The quantitative estimate of drug-likeness (QED) is 0.752. The van der Waals surface area contributed by atoms with Crippen molar-refractivity contribution in [1.29, 1.82) is 0 Å². The van der Waals surface area contributed by atoms with Gasteiger partial charge < -0.3 is 20.1 Å². The number of fused-ring (bicyclic) bond motifs is 2. The molecule has 158 valence electrons.